The molecule has 1 heterocycles. The van der Waals surface area contributed by atoms with Crippen LogP contribution in [0.2, 0.25) is 0 Å². The fourth-order valence-corrected chi connectivity index (χ4v) is 2.23. The lowest BCUT2D eigenvalue weighted by atomic mass is 10.0. The van der Waals surface area contributed by atoms with Gasteiger partial charge >= 0.3 is 0 Å². The number of aryl methyl sites for hydroxylation is 2. The third-order valence-electron chi connectivity index (χ3n) is 2.59. The van der Waals surface area contributed by atoms with Crippen LogP contribution in [-0.4, -0.2) is 17.1 Å². The molecule has 2 aromatic rings. The molecule has 0 atom stereocenters. The third kappa shape index (κ3) is 2.47. The number of rotatable bonds is 2. The SMILES string of the molecule is COc1c(C)cc(-c2ccnc(Br)n2)cc1C. The predicted molar refractivity (Wildman–Crippen MR) is 71.2 cm³/mol. The molecule has 3 nitrogen and oxygen atoms in total. The van der Waals surface area contributed by atoms with Gasteiger partial charge in [0.1, 0.15) is 5.75 Å². The molecule has 1 aromatic heterocycles. The monoisotopic (exact) mass is 292 g/mol. The van der Waals surface area contributed by atoms with Crippen LogP contribution >= 0.6 is 15.9 Å². The number of ether oxygens (including phenoxy) is 1. The van der Waals surface area contributed by atoms with Crippen molar-refractivity contribution in [2.45, 2.75) is 13.8 Å². The van der Waals surface area contributed by atoms with Gasteiger partial charge in [-0.1, -0.05) is 0 Å². The van der Waals surface area contributed by atoms with Gasteiger partial charge in [-0.25, -0.2) is 9.97 Å². The van der Waals surface area contributed by atoms with E-state index >= 15 is 0 Å². The van der Waals surface area contributed by atoms with Crippen molar-refractivity contribution in [3.8, 4) is 17.0 Å². The van der Waals surface area contributed by atoms with E-state index in [1.54, 1.807) is 13.3 Å². The Morgan fingerprint density at radius 2 is 1.82 bits per heavy atom. The second-order valence-corrected chi connectivity index (χ2v) is 4.56. The fraction of sp³-hybridized carbons (Fsp3) is 0.231. The molecule has 0 spiro atoms. The topological polar surface area (TPSA) is 35.0 Å². The number of nitrogens with zero attached hydrogens (tertiary/aromatic N) is 2. The second-order valence-electron chi connectivity index (χ2n) is 3.85. The van der Waals surface area contributed by atoms with E-state index in [0.29, 0.717) is 4.73 Å². The van der Waals surface area contributed by atoms with Crippen LogP contribution in [0.5, 0.6) is 5.75 Å². The molecule has 0 saturated carbocycles. The van der Waals surface area contributed by atoms with Gasteiger partial charge in [0.2, 0.25) is 0 Å². The van der Waals surface area contributed by atoms with Crippen molar-refractivity contribution in [1.29, 1.82) is 0 Å². The number of halogens is 1. The van der Waals surface area contributed by atoms with E-state index in [4.69, 9.17) is 4.74 Å². The molecule has 1 aromatic carbocycles. The van der Waals surface area contributed by atoms with Crippen LogP contribution in [0.15, 0.2) is 29.1 Å². The van der Waals surface area contributed by atoms with Gasteiger partial charge in [0.25, 0.3) is 0 Å². The Hall–Kier alpha value is -1.42. The van der Waals surface area contributed by atoms with Crippen LogP contribution < -0.4 is 4.74 Å². The normalized spacial score (nSPS) is 10.4. The van der Waals surface area contributed by atoms with Gasteiger partial charge in [0.05, 0.1) is 12.8 Å². The van der Waals surface area contributed by atoms with Gasteiger partial charge in [-0.15, -0.1) is 0 Å². The van der Waals surface area contributed by atoms with Crippen LogP contribution in [0.3, 0.4) is 0 Å². The first-order valence-electron chi connectivity index (χ1n) is 5.26. The van der Waals surface area contributed by atoms with Crippen LogP contribution in [0, 0.1) is 13.8 Å². The second kappa shape index (κ2) is 4.84. The van der Waals surface area contributed by atoms with Gasteiger partial charge < -0.3 is 4.74 Å². The highest BCUT2D eigenvalue weighted by atomic mass is 79.9. The van der Waals surface area contributed by atoms with Crippen molar-refractivity contribution >= 4 is 15.9 Å². The number of aromatic nitrogens is 2. The van der Waals surface area contributed by atoms with Crippen molar-refractivity contribution in [3.05, 3.63) is 40.3 Å². The molecule has 0 unspecified atom stereocenters. The molecule has 0 aliphatic rings. The molecule has 0 N–H and O–H groups in total. The Kier molecular flexibility index (Phi) is 3.43. The fourth-order valence-electron chi connectivity index (χ4n) is 1.92. The van der Waals surface area contributed by atoms with Crippen molar-refractivity contribution in [2.75, 3.05) is 7.11 Å². The maximum Gasteiger partial charge on any atom is 0.197 e. The van der Waals surface area contributed by atoms with Gasteiger partial charge in [0.15, 0.2) is 4.73 Å². The Bertz CT molecular complexity index is 532. The van der Waals surface area contributed by atoms with Crippen LogP contribution in [0.25, 0.3) is 11.3 Å². The summed E-state index contributed by atoms with van der Waals surface area (Å²) in [6, 6.07) is 6.03. The Morgan fingerprint density at radius 3 is 2.35 bits per heavy atom. The summed E-state index contributed by atoms with van der Waals surface area (Å²) in [4.78, 5) is 8.37. The molecule has 0 bridgehead atoms. The standard InChI is InChI=1S/C13H13BrN2O/c1-8-6-10(7-9(2)12(8)17-3)11-4-5-15-13(14)16-11/h4-7H,1-3H3. The number of methoxy groups -OCH3 is 1. The summed E-state index contributed by atoms with van der Waals surface area (Å²) in [7, 11) is 1.69. The van der Waals surface area contributed by atoms with Crippen LogP contribution in [0.1, 0.15) is 11.1 Å². The van der Waals surface area contributed by atoms with Gasteiger partial charge in [-0.3, -0.25) is 0 Å². The minimum Gasteiger partial charge on any atom is -0.496 e. The van der Waals surface area contributed by atoms with E-state index in [1.165, 1.54) is 0 Å². The minimum absolute atomic E-state index is 0.598. The zero-order chi connectivity index (χ0) is 12.4. The van der Waals surface area contributed by atoms with Gasteiger partial charge in [-0.05, 0) is 59.1 Å². The molecule has 0 saturated heterocycles. The summed E-state index contributed by atoms with van der Waals surface area (Å²) in [6.07, 6.45) is 1.74. The summed E-state index contributed by atoms with van der Waals surface area (Å²) in [6.45, 7) is 4.07. The average Bonchev–Trinajstić information content (AvgIpc) is 2.28. The zero-order valence-corrected chi connectivity index (χ0v) is 11.6. The maximum absolute atomic E-state index is 5.35. The highest BCUT2D eigenvalue weighted by molar-refractivity contribution is 9.10. The molecule has 0 amide bonds. The van der Waals surface area contributed by atoms with Crippen molar-refractivity contribution < 1.29 is 4.74 Å². The highest BCUT2D eigenvalue weighted by Crippen LogP contribution is 2.29. The Balaban J connectivity index is 2.54. The van der Waals surface area contributed by atoms with Gasteiger partial charge in [-0.2, -0.15) is 0 Å². The third-order valence-corrected chi connectivity index (χ3v) is 2.97. The predicted octanol–water partition coefficient (Wildman–Crippen LogP) is 3.53. The lowest BCUT2D eigenvalue weighted by molar-refractivity contribution is 0.408. The van der Waals surface area contributed by atoms with E-state index in [-0.39, 0.29) is 0 Å². The van der Waals surface area contributed by atoms with E-state index in [9.17, 15) is 0 Å². The number of benzene rings is 1. The van der Waals surface area contributed by atoms with Crippen LogP contribution in [0.4, 0.5) is 0 Å². The lowest BCUT2D eigenvalue weighted by Gasteiger charge is -2.11. The average molecular weight is 293 g/mol. The largest absolute Gasteiger partial charge is 0.496 e. The van der Waals surface area contributed by atoms with Crippen molar-refractivity contribution in [1.82, 2.24) is 9.97 Å². The molecular weight excluding hydrogens is 280 g/mol. The number of hydrogen-bond acceptors (Lipinski definition) is 3. The Labute approximate surface area is 109 Å². The maximum atomic E-state index is 5.35. The van der Waals surface area contributed by atoms with E-state index in [0.717, 1.165) is 28.1 Å². The van der Waals surface area contributed by atoms with Crippen molar-refractivity contribution in [3.63, 3.8) is 0 Å². The molecule has 0 aliphatic carbocycles. The quantitative estimate of drug-likeness (QED) is 0.794. The number of hydrogen-bond donors (Lipinski definition) is 0. The lowest BCUT2D eigenvalue weighted by Crippen LogP contribution is -1.93. The van der Waals surface area contributed by atoms with E-state index < -0.39 is 0 Å². The Morgan fingerprint density at radius 1 is 1.18 bits per heavy atom. The minimum atomic E-state index is 0.598. The molecular formula is C13H13BrN2O. The summed E-state index contributed by atoms with van der Waals surface area (Å²) in [5.74, 6) is 0.932. The van der Waals surface area contributed by atoms with E-state index in [2.05, 4.69) is 38.0 Å². The van der Waals surface area contributed by atoms with Crippen LogP contribution in [-0.2, 0) is 0 Å². The molecule has 17 heavy (non-hydrogen) atoms. The first-order chi connectivity index (χ1) is 8.11. The molecule has 0 radical (unpaired) electrons. The summed E-state index contributed by atoms with van der Waals surface area (Å²) < 4.78 is 5.95. The summed E-state index contributed by atoms with van der Waals surface area (Å²) in [5.41, 5.74) is 4.19. The van der Waals surface area contributed by atoms with Crippen molar-refractivity contribution in [2.24, 2.45) is 0 Å². The first-order valence-corrected chi connectivity index (χ1v) is 6.05. The van der Waals surface area contributed by atoms with Gasteiger partial charge in [0, 0.05) is 11.8 Å². The summed E-state index contributed by atoms with van der Waals surface area (Å²) in [5, 5.41) is 0. The molecule has 0 aliphatic heterocycles. The molecule has 2 rings (SSSR count). The first kappa shape index (κ1) is 12.0. The highest BCUT2D eigenvalue weighted by Gasteiger charge is 2.07. The molecule has 0 fully saturated rings. The summed E-state index contributed by atoms with van der Waals surface area (Å²) >= 11 is 3.28. The molecule has 4 heteroatoms. The molecule has 88 valence electrons. The van der Waals surface area contributed by atoms with E-state index in [1.807, 2.05) is 19.9 Å². The zero-order valence-electron chi connectivity index (χ0n) is 9.99. The smallest absolute Gasteiger partial charge is 0.197 e.